The third kappa shape index (κ3) is 4.95. The number of carbonyl (C=O) groups is 2. The van der Waals surface area contributed by atoms with Gasteiger partial charge in [-0.1, -0.05) is 6.07 Å². The highest BCUT2D eigenvalue weighted by atomic mass is 32.2. The molecule has 38 heavy (non-hydrogen) atoms. The van der Waals surface area contributed by atoms with Crippen LogP contribution in [0.5, 0.6) is 11.5 Å². The summed E-state index contributed by atoms with van der Waals surface area (Å²) in [6, 6.07) is 9.11. The van der Waals surface area contributed by atoms with Gasteiger partial charge in [0.05, 0.1) is 23.9 Å². The second-order valence-electron chi connectivity index (χ2n) is 10.0. The summed E-state index contributed by atoms with van der Waals surface area (Å²) in [7, 11) is -3.59. The summed E-state index contributed by atoms with van der Waals surface area (Å²) in [6.45, 7) is 6.15. The van der Waals surface area contributed by atoms with Gasteiger partial charge in [-0.3, -0.25) is 9.59 Å². The van der Waals surface area contributed by atoms with Crippen molar-refractivity contribution in [2.24, 2.45) is 0 Å². The van der Waals surface area contributed by atoms with Gasteiger partial charge in [-0.2, -0.15) is 9.78 Å². The van der Waals surface area contributed by atoms with Crippen molar-refractivity contribution in [1.82, 2.24) is 20.1 Å². The van der Waals surface area contributed by atoms with Gasteiger partial charge < -0.3 is 20.1 Å². The first kappa shape index (κ1) is 25.7. The van der Waals surface area contributed by atoms with Crippen LogP contribution in [0, 0.1) is 6.92 Å². The number of nitrogens with zero attached hydrogens (tertiary/aromatic N) is 3. The number of aromatic nitrogens is 3. The van der Waals surface area contributed by atoms with Crippen LogP contribution in [0.15, 0.2) is 36.5 Å². The quantitative estimate of drug-likeness (QED) is 0.486. The summed E-state index contributed by atoms with van der Waals surface area (Å²) in [4.78, 5) is 30.7. The number of aryl methyl sites for hydroxylation is 1. The van der Waals surface area contributed by atoms with Crippen LogP contribution in [0.4, 0.5) is 5.82 Å². The Labute approximate surface area is 220 Å². The largest absolute Gasteiger partial charge is 0.493 e. The lowest BCUT2D eigenvalue weighted by Crippen LogP contribution is -2.53. The predicted molar refractivity (Wildman–Crippen MR) is 140 cm³/mol. The zero-order chi connectivity index (χ0) is 27.2. The fourth-order valence-electron chi connectivity index (χ4n) is 4.85. The van der Waals surface area contributed by atoms with E-state index >= 15 is 0 Å². The molecule has 0 saturated carbocycles. The molecule has 0 unspecified atom stereocenters. The molecule has 200 valence electrons. The van der Waals surface area contributed by atoms with Gasteiger partial charge in [0.2, 0.25) is 5.91 Å². The van der Waals surface area contributed by atoms with Crippen molar-refractivity contribution in [2.75, 3.05) is 23.9 Å². The molecule has 2 aromatic heterocycles. The summed E-state index contributed by atoms with van der Waals surface area (Å²) >= 11 is 0. The highest BCUT2D eigenvalue weighted by molar-refractivity contribution is 7.91. The average Bonchev–Trinajstić information content (AvgIpc) is 3.16. The monoisotopic (exact) mass is 539 g/mol. The number of sulfone groups is 1. The summed E-state index contributed by atoms with van der Waals surface area (Å²) in [5.74, 6) is -0.190. The number of fused-ring (bicyclic) bond motifs is 3. The lowest BCUT2D eigenvalue weighted by atomic mass is 9.77. The van der Waals surface area contributed by atoms with Gasteiger partial charge >= 0.3 is 0 Å². The molecule has 0 aliphatic carbocycles. The van der Waals surface area contributed by atoms with Crippen LogP contribution in [0.25, 0.3) is 5.82 Å². The third-order valence-corrected chi connectivity index (χ3v) is 7.18. The lowest BCUT2D eigenvalue weighted by molar-refractivity contribution is -0.113. The Morgan fingerprint density at radius 1 is 1.29 bits per heavy atom. The van der Waals surface area contributed by atoms with Crippen molar-refractivity contribution in [3.63, 3.8) is 0 Å². The Hall–Kier alpha value is -3.93. The number of ether oxygens (including phenoxy) is 2. The van der Waals surface area contributed by atoms with E-state index in [9.17, 15) is 18.0 Å². The standard InChI is InChI=1S/C26H29N5O6S/c1-15(2)37-17-6-7-18-20(11-17)36-10-9-26(18)12-19-23(25(33)29-26)24(28-22(32)14-38(4,34)35)31(30-19)21-8-5-16(3)13-27-21/h5-8,11,13,15H,9-10,12,14H2,1-4H3,(H,28,32)(H,29,33)/t26-/m0/s1. The zero-order valence-corrected chi connectivity index (χ0v) is 22.4. The fraction of sp³-hybridized carbons (Fsp3) is 0.385. The zero-order valence-electron chi connectivity index (χ0n) is 21.6. The van der Waals surface area contributed by atoms with Crippen molar-refractivity contribution < 1.29 is 27.5 Å². The van der Waals surface area contributed by atoms with Crippen LogP contribution in [0.1, 0.15) is 47.4 Å². The van der Waals surface area contributed by atoms with Crippen LogP contribution < -0.4 is 20.1 Å². The molecular formula is C26H29N5O6S. The summed E-state index contributed by atoms with van der Waals surface area (Å²) in [6.07, 6.45) is 3.46. The molecule has 2 aliphatic heterocycles. The number of carbonyl (C=O) groups excluding carboxylic acids is 2. The molecule has 1 atom stereocenters. The van der Waals surface area contributed by atoms with Crippen molar-refractivity contribution in [1.29, 1.82) is 0 Å². The molecule has 0 bridgehead atoms. The first-order valence-corrected chi connectivity index (χ1v) is 14.3. The van der Waals surface area contributed by atoms with E-state index in [1.54, 1.807) is 12.3 Å². The van der Waals surface area contributed by atoms with E-state index in [0.717, 1.165) is 17.4 Å². The number of pyridine rings is 1. The molecule has 2 N–H and O–H groups in total. The molecule has 0 saturated heterocycles. The molecular weight excluding hydrogens is 510 g/mol. The molecule has 11 nitrogen and oxygen atoms in total. The Bertz CT molecular complexity index is 1530. The van der Waals surface area contributed by atoms with Crippen molar-refractivity contribution >= 4 is 27.5 Å². The van der Waals surface area contributed by atoms with Gasteiger partial charge in [-0.15, -0.1) is 0 Å². The van der Waals surface area contributed by atoms with E-state index in [1.807, 2.05) is 45.0 Å². The third-order valence-electron chi connectivity index (χ3n) is 6.40. The normalized spacial score (nSPS) is 18.4. The Morgan fingerprint density at radius 2 is 2.08 bits per heavy atom. The molecule has 0 radical (unpaired) electrons. The first-order chi connectivity index (χ1) is 17.9. The molecule has 1 spiro atoms. The molecule has 2 amide bonds. The van der Waals surface area contributed by atoms with E-state index in [2.05, 4.69) is 15.6 Å². The van der Waals surface area contributed by atoms with Crippen LogP contribution in [-0.2, 0) is 26.6 Å². The molecule has 12 heteroatoms. The first-order valence-electron chi connectivity index (χ1n) is 12.2. The van der Waals surface area contributed by atoms with E-state index in [1.165, 1.54) is 4.68 Å². The van der Waals surface area contributed by atoms with E-state index < -0.39 is 32.9 Å². The Balaban J connectivity index is 1.58. The molecule has 5 rings (SSSR count). The average molecular weight is 540 g/mol. The molecule has 0 fully saturated rings. The number of benzene rings is 1. The Morgan fingerprint density at radius 3 is 2.76 bits per heavy atom. The van der Waals surface area contributed by atoms with Crippen LogP contribution >= 0.6 is 0 Å². The van der Waals surface area contributed by atoms with Crippen molar-refractivity contribution in [3.05, 3.63) is 58.9 Å². The second-order valence-corrected chi connectivity index (χ2v) is 12.2. The number of anilines is 1. The summed E-state index contributed by atoms with van der Waals surface area (Å²) < 4.78 is 36.6. The van der Waals surface area contributed by atoms with Crippen molar-refractivity contribution in [2.45, 2.75) is 45.3 Å². The van der Waals surface area contributed by atoms with E-state index in [4.69, 9.17) is 14.6 Å². The number of rotatable bonds is 6. The van der Waals surface area contributed by atoms with Crippen molar-refractivity contribution in [3.8, 4) is 17.3 Å². The van der Waals surface area contributed by atoms with Crippen LogP contribution in [0.2, 0.25) is 0 Å². The predicted octanol–water partition coefficient (Wildman–Crippen LogP) is 2.31. The summed E-state index contributed by atoms with van der Waals surface area (Å²) in [5.41, 5.74) is 1.59. The Kier molecular flexibility index (Phi) is 6.38. The van der Waals surface area contributed by atoms with Gasteiger partial charge in [0.1, 0.15) is 22.8 Å². The number of hydrogen-bond acceptors (Lipinski definition) is 8. The maximum Gasteiger partial charge on any atom is 0.257 e. The molecule has 3 aromatic rings. The SMILES string of the molecule is Cc1ccc(-n2nc3c(c2NC(=O)CS(C)(=O)=O)C(=O)N[C@@]2(CCOc4cc(OC(C)C)ccc42)C3)nc1. The van der Waals surface area contributed by atoms with Gasteiger partial charge in [0, 0.05) is 36.9 Å². The number of hydrogen-bond donors (Lipinski definition) is 2. The number of nitrogens with one attached hydrogen (secondary N) is 2. The van der Waals surface area contributed by atoms with E-state index in [-0.39, 0.29) is 17.5 Å². The molecule has 2 aliphatic rings. The molecule has 1 aromatic carbocycles. The fourth-order valence-corrected chi connectivity index (χ4v) is 5.40. The topological polar surface area (TPSA) is 142 Å². The van der Waals surface area contributed by atoms with Crippen LogP contribution in [0.3, 0.4) is 0 Å². The van der Waals surface area contributed by atoms with Gasteiger partial charge in [0.15, 0.2) is 21.5 Å². The minimum Gasteiger partial charge on any atom is -0.493 e. The highest BCUT2D eigenvalue weighted by Gasteiger charge is 2.46. The number of amides is 2. The highest BCUT2D eigenvalue weighted by Crippen LogP contribution is 2.44. The van der Waals surface area contributed by atoms with E-state index in [0.29, 0.717) is 42.5 Å². The van der Waals surface area contributed by atoms with Crippen LogP contribution in [-0.4, -0.2) is 59.7 Å². The second kappa shape index (κ2) is 9.43. The maximum atomic E-state index is 13.6. The van der Waals surface area contributed by atoms with Gasteiger partial charge in [0.25, 0.3) is 5.91 Å². The summed E-state index contributed by atoms with van der Waals surface area (Å²) in [5, 5.41) is 10.4. The van der Waals surface area contributed by atoms with Gasteiger partial charge in [-0.05, 0) is 44.5 Å². The molecule has 4 heterocycles. The van der Waals surface area contributed by atoms with Gasteiger partial charge in [-0.25, -0.2) is 13.4 Å². The smallest absolute Gasteiger partial charge is 0.257 e. The minimum atomic E-state index is -3.59. The lowest BCUT2D eigenvalue weighted by Gasteiger charge is -2.41. The minimum absolute atomic E-state index is 0.00165. The maximum absolute atomic E-state index is 13.6.